The van der Waals surface area contributed by atoms with Gasteiger partial charge in [-0.2, -0.15) is 0 Å². The van der Waals surface area contributed by atoms with Crippen LogP contribution in [0.25, 0.3) is 10.2 Å². The van der Waals surface area contributed by atoms with Crippen molar-refractivity contribution >= 4 is 50.6 Å². The number of nitrogens with two attached hydrogens (primary N) is 1. The van der Waals surface area contributed by atoms with Crippen LogP contribution in [-0.4, -0.2) is 17.1 Å². The summed E-state index contributed by atoms with van der Waals surface area (Å²) in [7, 11) is 0. The summed E-state index contributed by atoms with van der Waals surface area (Å²) in [5.41, 5.74) is 7.92. The Morgan fingerprint density at radius 3 is 2.95 bits per heavy atom. The predicted octanol–water partition coefficient (Wildman–Crippen LogP) is 3.85. The summed E-state index contributed by atoms with van der Waals surface area (Å²) >= 11 is 2.99. The molecule has 6 heteroatoms. The van der Waals surface area contributed by atoms with Gasteiger partial charge in [-0.15, -0.1) is 23.1 Å². The van der Waals surface area contributed by atoms with E-state index in [1.54, 1.807) is 18.0 Å². The topological polar surface area (TPSA) is 68.0 Å². The molecule has 0 aliphatic carbocycles. The van der Waals surface area contributed by atoms with Crippen molar-refractivity contribution in [1.82, 2.24) is 4.98 Å². The van der Waals surface area contributed by atoms with Gasteiger partial charge < -0.3 is 11.1 Å². The number of benzene rings is 1. The molecule has 0 atom stereocenters. The second-order valence-corrected chi connectivity index (χ2v) is 6.31. The van der Waals surface area contributed by atoms with Gasteiger partial charge in [0, 0.05) is 16.8 Å². The number of thioether (sulfide) groups is 1. The monoisotopic (exact) mass is 315 g/mol. The Bertz CT molecular complexity index is 814. The number of carbonyl (C=O) groups is 1. The van der Waals surface area contributed by atoms with Crippen LogP contribution in [0, 0.1) is 0 Å². The number of nitrogen functional groups attached to an aromatic ring is 1. The third kappa shape index (κ3) is 2.72. The molecule has 0 aliphatic rings. The third-order valence-corrected chi connectivity index (χ3v) is 4.90. The van der Waals surface area contributed by atoms with Crippen molar-refractivity contribution < 1.29 is 4.79 Å². The molecule has 0 radical (unpaired) electrons. The van der Waals surface area contributed by atoms with Crippen LogP contribution < -0.4 is 11.1 Å². The molecular weight excluding hydrogens is 302 g/mol. The van der Waals surface area contributed by atoms with Crippen molar-refractivity contribution in [3.63, 3.8) is 0 Å². The number of pyridine rings is 1. The molecule has 0 bridgehead atoms. The van der Waals surface area contributed by atoms with Crippen LogP contribution in [0.2, 0.25) is 0 Å². The second kappa shape index (κ2) is 5.75. The van der Waals surface area contributed by atoms with Crippen LogP contribution in [0.4, 0.5) is 11.4 Å². The van der Waals surface area contributed by atoms with Gasteiger partial charge in [-0.05, 0) is 36.6 Å². The summed E-state index contributed by atoms with van der Waals surface area (Å²) < 4.78 is 0.915. The van der Waals surface area contributed by atoms with Gasteiger partial charge in [0.1, 0.15) is 10.4 Å². The maximum atomic E-state index is 12.4. The lowest BCUT2D eigenvalue weighted by Gasteiger charge is -2.05. The maximum absolute atomic E-state index is 12.4. The lowest BCUT2D eigenvalue weighted by molar-refractivity contribution is 0.103. The molecule has 21 heavy (non-hydrogen) atoms. The predicted molar refractivity (Wildman–Crippen MR) is 90.2 cm³/mol. The van der Waals surface area contributed by atoms with Gasteiger partial charge in [0.25, 0.3) is 5.91 Å². The first kappa shape index (κ1) is 13.9. The summed E-state index contributed by atoms with van der Waals surface area (Å²) in [6, 6.07) is 11.5. The van der Waals surface area contributed by atoms with Gasteiger partial charge in [0.15, 0.2) is 0 Å². The minimum atomic E-state index is -0.200. The number of thiophene rings is 1. The van der Waals surface area contributed by atoms with E-state index >= 15 is 0 Å². The Hall–Kier alpha value is -2.05. The molecule has 2 aromatic heterocycles. The minimum absolute atomic E-state index is 0.200. The van der Waals surface area contributed by atoms with Gasteiger partial charge in [0.05, 0.1) is 10.4 Å². The number of fused-ring (bicyclic) bond motifs is 1. The van der Waals surface area contributed by atoms with Crippen LogP contribution >= 0.6 is 23.1 Å². The highest BCUT2D eigenvalue weighted by Gasteiger charge is 2.17. The number of carbonyl (C=O) groups excluding carboxylic acids is 1. The highest BCUT2D eigenvalue weighted by molar-refractivity contribution is 7.98. The van der Waals surface area contributed by atoms with E-state index in [9.17, 15) is 4.79 Å². The number of rotatable bonds is 3. The Kier molecular flexibility index (Phi) is 3.81. The number of nitrogens with one attached hydrogen (secondary N) is 1. The molecule has 4 nitrogen and oxygen atoms in total. The van der Waals surface area contributed by atoms with Crippen LogP contribution in [0.15, 0.2) is 47.5 Å². The zero-order valence-corrected chi connectivity index (χ0v) is 12.9. The fraction of sp³-hybridized carbons (Fsp3) is 0.0667. The van der Waals surface area contributed by atoms with Crippen molar-refractivity contribution in [1.29, 1.82) is 0 Å². The summed E-state index contributed by atoms with van der Waals surface area (Å²) in [4.78, 5) is 18.2. The molecule has 2 heterocycles. The van der Waals surface area contributed by atoms with Crippen molar-refractivity contribution in [2.45, 2.75) is 4.90 Å². The summed E-state index contributed by atoms with van der Waals surface area (Å²) in [6.07, 6.45) is 3.67. The first-order chi connectivity index (χ1) is 10.2. The van der Waals surface area contributed by atoms with E-state index in [1.165, 1.54) is 11.3 Å². The molecule has 1 amide bonds. The van der Waals surface area contributed by atoms with E-state index < -0.39 is 0 Å². The zero-order valence-electron chi connectivity index (χ0n) is 11.3. The Morgan fingerprint density at radius 1 is 1.33 bits per heavy atom. The Balaban J connectivity index is 1.91. The van der Waals surface area contributed by atoms with Crippen molar-refractivity contribution in [2.75, 3.05) is 17.3 Å². The van der Waals surface area contributed by atoms with Crippen LogP contribution in [0.1, 0.15) is 9.67 Å². The largest absolute Gasteiger partial charge is 0.396 e. The SMILES string of the molecule is CSc1cccc(NC(=O)c2sc3cccnc3c2N)c1. The second-order valence-electron chi connectivity index (χ2n) is 4.38. The maximum Gasteiger partial charge on any atom is 0.267 e. The average Bonchev–Trinajstić information content (AvgIpc) is 2.85. The smallest absolute Gasteiger partial charge is 0.267 e. The fourth-order valence-corrected chi connectivity index (χ4v) is 3.44. The van der Waals surface area contributed by atoms with E-state index in [1.807, 2.05) is 42.7 Å². The van der Waals surface area contributed by atoms with Crippen LogP contribution in [0.3, 0.4) is 0 Å². The van der Waals surface area contributed by atoms with Crippen molar-refractivity contribution in [3.05, 3.63) is 47.5 Å². The van der Waals surface area contributed by atoms with E-state index in [2.05, 4.69) is 10.3 Å². The van der Waals surface area contributed by atoms with Crippen molar-refractivity contribution in [3.8, 4) is 0 Å². The van der Waals surface area contributed by atoms with Crippen molar-refractivity contribution in [2.24, 2.45) is 0 Å². The van der Waals surface area contributed by atoms with E-state index in [4.69, 9.17) is 5.73 Å². The highest BCUT2D eigenvalue weighted by Crippen LogP contribution is 2.32. The highest BCUT2D eigenvalue weighted by atomic mass is 32.2. The lowest BCUT2D eigenvalue weighted by Crippen LogP contribution is -2.11. The zero-order chi connectivity index (χ0) is 14.8. The van der Waals surface area contributed by atoms with Crippen LogP contribution in [-0.2, 0) is 0 Å². The molecule has 3 aromatic rings. The lowest BCUT2D eigenvalue weighted by atomic mass is 10.3. The molecule has 3 N–H and O–H groups in total. The van der Waals surface area contributed by atoms with Crippen LogP contribution in [0.5, 0.6) is 0 Å². The molecule has 0 unspecified atom stereocenters. The molecule has 106 valence electrons. The molecule has 0 fully saturated rings. The molecule has 0 spiro atoms. The number of amides is 1. The number of hydrogen-bond acceptors (Lipinski definition) is 5. The van der Waals surface area contributed by atoms with Gasteiger partial charge in [-0.25, -0.2) is 0 Å². The van der Waals surface area contributed by atoms with Gasteiger partial charge in [-0.3, -0.25) is 9.78 Å². The summed E-state index contributed by atoms with van der Waals surface area (Å²) in [6.45, 7) is 0. The number of nitrogens with zero attached hydrogens (tertiary/aromatic N) is 1. The number of anilines is 2. The van der Waals surface area contributed by atoms with Gasteiger partial charge in [-0.1, -0.05) is 6.07 Å². The standard InChI is InChI=1S/C15H13N3OS2/c1-20-10-5-2-4-9(8-10)18-15(19)14-12(16)13-11(21-14)6-3-7-17-13/h2-8H,16H2,1H3,(H,18,19). The number of aromatic nitrogens is 1. The third-order valence-electron chi connectivity index (χ3n) is 3.02. The Morgan fingerprint density at radius 2 is 2.19 bits per heavy atom. The number of hydrogen-bond donors (Lipinski definition) is 2. The molecule has 0 aliphatic heterocycles. The quantitative estimate of drug-likeness (QED) is 0.720. The minimum Gasteiger partial charge on any atom is -0.396 e. The molecule has 0 saturated carbocycles. The Labute approximate surface area is 130 Å². The average molecular weight is 315 g/mol. The van der Waals surface area contributed by atoms with Gasteiger partial charge >= 0.3 is 0 Å². The molecule has 3 rings (SSSR count). The van der Waals surface area contributed by atoms with E-state index in [0.717, 1.165) is 15.3 Å². The van der Waals surface area contributed by atoms with E-state index in [0.29, 0.717) is 16.1 Å². The summed E-state index contributed by atoms with van der Waals surface area (Å²) in [5.74, 6) is -0.200. The fourth-order valence-electron chi connectivity index (χ4n) is 2.01. The molecule has 1 aromatic carbocycles. The first-order valence-electron chi connectivity index (χ1n) is 6.27. The molecule has 0 saturated heterocycles. The molecular formula is C15H13N3OS2. The summed E-state index contributed by atoms with van der Waals surface area (Å²) in [5, 5.41) is 2.89. The van der Waals surface area contributed by atoms with Gasteiger partial charge in [0.2, 0.25) is 0 Å². The van der Waals surface area contributed by atoms with E-state index in [-0.39, 0.29) is 5.91 Å². The normalized spacial score (nSPS) is 10.7. The first-order valence-corrected chi connectivity index (χ1v) is 8.31.